The first-order valence-corrected chi connectivity index (χ1v) is 7.54. The van der Waals surface area contributed by atoms with Gasteiger partial charge in [-0.1, -0.05) is 49.2 Å². The van der Waals surface area contributed by atoms with Crippen molar-refractivity contribution in [1.82, 2.24) is 0 Å². The van der Waals surface area contributed by atoms with Gasteiger partial charge in [0.15, 0.2) is 0 Å². The molecule has 1 unspecified atom stereocenters. The maximum Gasteiger partial charge on any atom is 0.105 e. The summed E-state index contributed by atoms with van der Waals surface area (Å²) in [7, 11) is 0. The summed E-state index contributed by atoms with van der Waals surface area (Å²) in [6.07, 6.45) is 0.969. The molecule has 1 atom stereocenters. The van der Waals surface area contributed by atoms with Crippen molar-refractivity contribution < 1.29 is 5.11 Å². The van der Waals surface area contributed by atoms with E-state index in [-0.39, 0.29) is 5.41 Å². The van der Waals surface area contributed by atoms with Crippen LogP contribution >= 0.6 is 35.0 Å². The molecule has 1 heterocycles. The first-order valence-electron chi connectivity index (χ1n) is 5.63. The first-order chi connectivity index (χ1) is 7.88. The molecule has 1 aromatic rings. The Morgan fingerprint density at radius 1 is 1.29 bits per heavy atom. The molecule has 17 heavy (non-hydrogen) atoms. The molecule has 0 radical (unpaired) electrons. The highest BCUT2D eigenvalue weighted by molar-refractivity contribution is 7.99. The van der Waals surface area contributed by atoms with Crippen molar-refractivity contribution in [2.45, 2.75) is 25.9 Å². The molecule has 0 saturated carbocycles. The quantitative estimate of drug-likeness (QED) is 0.830. The Morgan fingerprint density at radius 2 is 2.00 bits per heavy atom. The van der Waals surface area contributed by atoms with Gasteiger partial charge in [-0.05, 0) is 23.7 Å². The van der Waals surface area contributed by atoms with E-state index < -0.39 is 5.60 Å². The van der Waals surface area contributed by atoms with Crippen LogP contribution in [-0.2, 0) is 5.60 Å². The summed E-state index contributed by atoms with van der Waals surface area (Å²) in [5.74, 6) is 1.74. The van der Waals surface area contributed by atoms with Gasteiger partial charge in [-0.2, -0.15) is 11.8 Å². The average molecular weight is 291 g/mol. The van der Waals surface area contributed by atoms with E-state index >= 15 is 0 Å². The van der Waals surface area contributed by atoms with Crippen molar-refractivity contribution in [1.29, 1.82) is 0 Å². The van der Waals surface area contributed by atoms with Crippen molar-refractivity contribution in [2.24, 2.45) is 5.41 Å². The van der Waals surface area contributed by atoms with Crippen LogP contribution in [0.5, 0.6) is 0 Å². The summed E-state index contributed by atoms with van der Waals surface area (Å²) >= 11 is 14.0. The van der Waals surface area contributed by atoms with Gasteiger partial charge < -0.3 is 5.11 Å². The predicted molar refractivity (Wildman–Crippen MR) is 76.1 cm³/mol. The predicted octanol–water partition coefficient (Wildman–Crippen LogP) is 4.34. The summed E-state index contributed by atoms with van der Waals surface area (Å²) < 4.78 is 0. The van der Waals surface area contributed by atoms with Crippen LogP contribution in [0.15, 0.2) is 18.2 Å². The van der Waals surface area contributed by atoms with Gasteiger partial charge in [0.2, 0.25) is 0 Å². The maximum absolute atomic E-state index is 11.0. The minimum Gasteiger partial charge on any atom is -0.384 e. The Balaban J connectivity index is 2.53. The Bertz CT molecular complexity index is 433. The van der Waals surface area contributed by atoms with Gasteiger partial charge in [-0.25, -0.2) is 0 Å². The number of rotatable bonds is 1. The number of thioether (sulfide) groups is 1. The Kier molecular flexibility index (Phi) is 3.71. The largest absolute Gasteiger partial charge is 0.384 e. The number of hydrogen-bond donors (Lipinski definition) is 1. The van der Waals surface area contributed by atoms with Crippen molar-refractivity contribution in [3.8, 4) is 0 Å². The SMILES string of the molecule is CC1(C)CCSCC1(O)c1cccc(Cl)c1Cl. The molecular formula is C13H16Cl2OS. The van der Waals surface area contributed by atoms with Crippen molar-refractivity contribution >= 4 is 35.0 Å². The van der Waals surface area contributed by atoms with Gasteiger partial charge in [-0.3, -0.25) is 0 Å². The molecule has 2 rings (SSSR count). The highest BCUT2D eigenvalue weighted by Gasteiger charge is 2.48. The lowest BCUT2D eigenvalue weighted by molar-refractivity contribution is -0.0577. The zero-order valence-corrected chi connectivity index (χ0v) is 12.3. The second-order valence-electron chi connectivity index (χ2n) is 5.15. The van der Waals surface area contributed by atoms with E-state index in [1.165, 1.54) is 0 Å². The number of benzene rings is 1. The molecule has 0 bridgehead atoms. The van der Waals surface area contributed by atoms with Crippen LogP contribution in [0.25, 0.3) is 0 Å². The molecule has 94 valence electrons. The molecule has 1 aliphatic rings. The molecule has 0 aromatic heterocycles. The molecule has 1 aromatic carbocycles. The Morgan fingerprint density at radius 3 is 2.65 bits per heavy atom. The molecule has 0 spiro atoms. The second kappa shape index (κ2) is 4.65. The minimum absolute atomic E-state index is 0.188. The molecular weight excluding hydrogens is 275 g/mol. The summed E-state index contributed by atoms with van der Waals surface area (Å²) in [6, 6.07) is 5.47. The Labute approximate surface area is 117 Å². The molecule has 0 aliphatic carbocycles. The molecule has 0 amide bonds. The van der Waals surface area contributed by atoms with Gasteiger partial charge in [0.1, 0.15) is 5.60 Å². The third kappa shape index (κ3) is 2.21. The lowest BCUT2D eigenvalue weighted by atomic mass is 9.70. The molecule has 1 saturated heterocycles. The smallest absolute Gasteiger partial charge is 0.105 e. The van der Waals surface area contributed by atoms with Crippen LogP contribution < -0.4 is 0 Å². The standard InChI is InChI=1S/C13H16Cl2OS/c1-12(2)6-7-17-8-13(12,16)9-4-3-5-10(14)11(9)15/h3-5,16H,6-8H2,1-2H3. The van der Waals surface area contributed by atoms with Crippen LogP contribution in [0.3, 0.4) is 0 Å². The van der Waals surface area contributed by atoms with Crippen LogP contribution in [0.4, 0.5) is 0 Å². The fourth-order valence-corrected chi connectivity index (χ4v) is 4.31. The molecule has 4 heteroatoms. The zero-order valence-electron chi connectivity index (χ0n) is 9.96. The third-order valence-corrected chi connectivity index (χ3v) is 5.63. The van der Waals surface area contributed by atoms with Crippen molar-refractivity contribution in [3.63, 3.8) is 0 Å². The van der Waals surface area contributed by atoms with Crippen LogP contribution in [-0.4, -0.2) is 16.6 Å². The van der Waals surface area contributed by atoms with Crippen LogP contribution in [0, 0.1) is 5.41 Å². The zero-order chi connectivity index (χ0) is 12.7. The van der Waals surface area contributed by atoms with E-state index in [2.05, 4.69) is 13.8 Å². The summed E-state index contributed by atoms with van der Waals surface area (Å²) in [5, 5.41) is 12.0. The number of hydrogen-bond acceptors (Lipinski definition) is 2. The monoisotopic (exact) mass is 290 g/mol. The lowest BCUT2D eigenvalue weighted by Gasteiger charge is -2.46. The highest BCUT2D eigenvalue weighted by Crippen LogP contribution is 2.50. The highest BCUT2D eigenvalue weighted by atomic mass is 35.5. The summed E-state index contributed by atoms with van der Waals surface area (Å²) in [5.41, 5.74) is -0.339. The fraction of sp³-hybridized carbons (Fsp3) is 0.538. The number of halogens is 2. The normalized spacial score (nSPS) is 28.1. The van der Waals surface area contributed by atoms with E-state index in [1.807, 2.05) is 12.1 Å². The topological polar surface area (TPSA) is 20.2 Å². The second-order valence-corrected chi connectivity index (χ2v) is 7.04. The van der Waals surface area contributed by atoms with Gasteiger partial charge in [0.05, 0.1) is 10.0 Å². The number of aliphatic hydroxyl groups is 1. The van der Waals surface area contributed by atoms with E-state index in [0.29, 0.717) is 15.8 Å². The average Bonchev–Trinajstić information content (AvgIpc) is 2.26. The van der Waals surface area contributed by atoms with Crippen LogP contribution in [0.1, 0.15) is 25.8 Å². The van der Waals surface area contributed by atoms with Crippen molar-refractivity contribution in [2.75, 3.05) is 11.5 Å². The van der Waals surface area contributed by atoms with E-state index in [0.717, 1.165) is 17.7 Å². The molecule has 1 nitrogen and oxygen atoms in total. The maximum atomic E-state index is 11.0. The molecule has 1 N–H and O–H groups in total. The summed E-state index contributed by atoms with van der Waals surface area (Å²) in [4.78, 5) is 0. The molecule has 1 fully saturated rings. The summed E-state index contributed by atoms with van der Waals surface area (Å²) in [6.45, 7) is 4.17. The van der Waals surface area contributed by atoms with Gasteiger partial charge in [0, 0.05) is 11.3 Å². The van der Waals surface area contributed by atoms with E-state index in [4.69, 9.17) is 23.2 Å². The van der Waals surface area contributed by atoms with Gasteiger partial charge in [0.25, 0.3) is 0 Å². The molecule has 1 aliphatic heterocycles. The van der Waals surface area contributed by atoms with Gasteiger partial charge >= 0.3 is 0 Å². The lowest BCUT2D eigenvalue weighted by Crippen LogP contribution is -2.47. The van der Waals surface area contributed by atoms with Crippen molar-refractivity contribution in [3.05, 3.63) is 33.8 Å². The first kappa shape index (κ1) is 13.5. The van der Waals surface area contributed by atoms with Crippen LogP contribution in [0.2, 0.25) is 10.0 Å². The minimum atomic E-state index is -0.905. The van der Waals surface area contributed by atoms with E-state index in [9.17, 15) is 5.11 Å². The third-order valence-electron chi connectivity index (χ3n) is 3.70. The Hall–Kier alpha value is 0.110. The fourth-order valence-electron chi connectivity index (χ4n) is 2.21. The van der Waals surface area contributed by atoms with E-state index in [1.54, 1.807) is 17.8 Å². The van der Waals surface area contributed by atoms with Gasteiger partial charge in [-0.15, -0.1) is 0 Å².